The number of pyridine rings is 1. The molecule has 0 radical (unpaired) electrons. The van der Waals surface area contributed by atoms with Crippen LogP contribution in [-0.4, -0.2) is 4.98 Å². The van der Waals surface area contributed by atoms with Crippen molar-refractivity contribution in [3.05, 3.63) is 24.0 Å². The maximum Gasteiger partial charge on any atom is 0.100 e. The number of halogens is 3. The van der Waals surface area contributed by atoms with Gasteiger partial charge in [0.15, 0.2) is 0 Å². The predicted molar refractivity (Wildman–Crippen MR) is 52.4 cm³/mol. The van der Waals surface area contributed by atoms with Gasteiger partial charge in [-0.15, -0.1) is 0 Å². The Morgan fingerprint density at radius 1 is 1.42 bits per heavy atom. The summed E-state index contributed by atoms with van der Waals surface area (Å²) in [6.45, 7) is 0. The third kappa shape index (κ3) is 2.18. The highest BCUT2D eigenvalue weighted by molar-refractivity contribution is 8.79. The van der Waals surface area contributed by atoms with E-state index in [9.17, 15) is 0 Å². The van der Waals surface area contributed by atoms with E-state index in [-0.39, 0.29) is 0 Å². The first-order valence-corrected chi connectivity index (χ1v) is 6.93. The Bertz CT molecular complexity index is 328. The number of nitrogens with zero attached hydrogens (tertiary/aromatic N) is 2. The van der Waals surface area contributed by atoms with Crippen molar-refractivity contribution in [1.29, 1.82) is 5.26 Å². The Morgan fingerprint density at radius 3 is 2.50 bits per heavy atom. The maximum atomic E-state index is 8.64. The Balaban J connectivity index is 3.26. The lowest BCUT2D eigenvalue weighted by atomic mass is 10.3. The molecule has 0 unspecified atom stereocenters. The Kier molecular flexibility index (Phi) is 3.08. The second kappa shape index (κ2) is 3.71. The first kappa shape index (κ1) is 9.94. The lowest BCUT2D eigenvalue weighted by molar-refractivity contribution is 1.21. The van der Waals surface area contributed by atoms with E-state index < -0.39 is 7.67 Å². The van der Waals surface area contributed by atoms with Gasteiger partial charge in [-0.05, 0) is 38.1 Å². The molecule has 0 amide bonds. The molecule has 2 nitrogen and oxygen atoms in total. The molecule has 0 aliphatic rings. The van der Waals surface area contributed by atoms with Gasteiger partial charge in [0.25, 0.3) is 0 Å². The average molecular weight is 242 g/mol. The second-order valence-electron chi connectivity index (χ2n) is 1.89. The molecule has 6 heteroatoms. The average Bonchev–Trinajstić information content (AvgIpc) is 2.03. The monoisotopic (exact) mass is 240 g/mol. The zero-order chi connectivity index (χ0) is 9.19. The van der Waals surface area contributed by atoms with Crippen molar-refractivity contribution in [2.75, 3.05) is 0 Å². The summed E-state index contributed by atoms with van der Waals surface area (Å²) >= 11 is 0. The van der Waals surface area contributed by atoms with Crippen molar-refractivity contribution in [3.8, 4) is 6.07 Å². The van der Waals surface area contributed by atoms with Gasteiger partial charge in [-0.2, -0.15) is 5.26 Å². The molecule has 1 aromatic rings. The van der Waals surface area contributed by atoms with Crippen molar-refractivity contribution in [3.63, 3.8) is 0 Å². The number of aromatic nitrogens is 1. The normalized spacial score (nSPS) is 12.2. The molecule has 0 saturated heterocycles. The molecule has 12 heavy (non-hydrogen) atoms. The molecule has 0 saturated carbocycles. The minimum Gasteiger partial charge on any atom is -0.263 e. The zero-order valence-corrected chi connectivity index (χ0v) is 8.75. The fourth-order valence-electron chi connectivity index (χ4n) is 0.657. The van der Waals surface area contributed by atoms with Crippen LogP contribution in [0.25, 0.3) is 0 Å². The molecule has 1 aromatic heterocycles. The number of hydrogen-bond donors (Lipinski definition) is 0. The SMILES string of the molecule is N#Cc1ccncc1S(Cl)(Cl)Cl. The molecule has 0 aliphatic carbocycles. The van der Waals surface area contributed by atoms with Crippen LogP contribution < -0.4 is 0 Å². The van der Waals surface area contributed by atoms with Crippen LogP contribution in [0.5, 0.6) is 0 Å². The fraction of sp³-hybridized carbons (Fsp3) is 0. The summed E-state index contributed by atoms with van der Waals surface area (Å²) in [4.78, 5) is 4.16. The van der Waals surface area contributed by atoms with E-state index in [1.54, 1.807) is 0 Å². The summed E-state index contributed by atoms with van der Waals surface area (Å²) < 4.78 is 0. The van der Waals surface area contributed by atoms with Crippen LogP contribution in [0.15, 0.2) is 23.4 Å². The summed E-state index contributed by atoms with van der Waals surface area (Å²) in [6, 6.07) is 3.45. The van der Waals surface area contributed by atoms with Gasteiger partial charge in [0.2, 0.25) is 0 Å². The summed E-state index contributed by atoms with van der Waals surface area (Å²) in [5.74, 6) is 0. The number of rotatable bonds is 1. The lowest BCUT2D eigenvalue weighted by Crippen LogP contribution is -1.85. The highest BCUT2D eigenvalue weighted by Crippen LogP contribution is 2.69. The molecule has 0 aromatic carbocycles. The minimum atomic E-state index is -2.41. The van der Waals surface area contributed by atoms with Gasteiger partial charge >= 0.3 is 0 Å². The van der Waals surface area contributed by atoms with Crippen molar-refractivity contribution in [1.82, 2.24) is 4.98 Å². The molecule has 1 heterocycles. The first-order valence-electron chi connectivity index (χ1n) is 2.82. The largest absolute Gasteiger partial charge is 0.263 e. The number of nitriles is 1. The van der Waals surface area contributed by atoms with E-state index in [0.29, 0.717) is 10.5 Å². The standard InChI is InChI=1S/C6H3Cl3N2S/c7-12(8,9)6-4-11-2-1-5(6)3-10/h1-2,4H. The van der Waals surface area contributed by atoms with E-state index in [1.165, 1.54) is 18.5 Å². The first-order chi connectivity index (χ1) is 5.55. The van der Waals surface area contributed by atoms with Crippen LogP contribution in [-0.2, 0) is 0 Å². The predicted octanol–water partition coefficient (Wildman–Crippen LogP) is 3.58. The van der Waals surface area contributed by atoms with Crippen molar-refractivity contribution < 1.29 is 0 Å². The summed E-state index contributed by atoms with van der Waals surface area (Å²) in [5.41, 5.74) is 0.361. The van der Waals surface area contributed by atoms with Crippen LogP contribution in [0.2, 0.25) is 0 Å². The molecule has 0 atom stereocenters. The zero-order valence-electron chi connectivity index (χ0n) is 5.67. The highest BCUT2D eigenvalue weighted by atomic mass is 36.2. The molecule has 1 rings (SSSR count). The molecular formula is C6H3Cl3N2S. The molecule has 0 N–H and O–H groups in total. The van der Waals surface area contributed by atoms with Crippen LogP contribution in [0, 0.1) is 11.3 Å². The van der Waals surface area contributed by atoms with Gasteiger partial charge in [-0.25, -0.2) is 0 Å². The van der Waals surface area contributed by atoms with Gasteiger partial charge in [-0.1, -0.05) is 0 Å². The Labute approximate surface area is 84.9 Å². The van der Waals surface area contributed by atoms with Crippen LogP contribution in [0.3, 0.4) is 0 Å². The Hall–Kier alpha value is -0.140. The van der Waals surface area contributed by atoms with Gasteiger partial charge in [0.1, 0.15) is 6.07 Å². The van der Waals surface area contributed by atoms with Gasteiger partial charge in [0, 0.05) is 20.1 Å². The summed E-state index contributed by atoms with van der Waals surface area (Å²) in [7, 11) is 14.6. The maximum absolute atomic E-state index is 8.64. The van der Waals surface area contributed by atoms with E-state index in [2.05, 4.69) is 4.98 Å². The molecular weight excluding hydrogens is 239 g/mol. The quantitative estimate of drug-likeness (QED) is 0.753. The van der Waals surface area contributed by atoms with Crippen molar-refractivity contribution in [2.45, 2.75) is 4.90 Å². The van der Waals surface area contributed by atoms with E-state index in [4.69, 9.17) is 37.3 Å². The topological polar surface area (TPSA) is 36.7 Å². The smallest absolute Gasteiger partial charge is 0.100 e. The third-order valence-electron chi connectivity index (χ3n) is 1.15. The van der Waals surface area contributed by atoms with Gasteiger partial charge in [0.05, 0.1) is 10.5 Å². The van der Waals surface area contributed by atoms with Crippen molar-refractivity contribution >= 4 is 39.7 Å². The van der Waals surface area contributed by atoms with Crippen LogP contribution >= 0.6 is 39.7 Å². The van der Waals surface area contributed by atoms with E-state index >= 15 is 0 Å². The summed E-state index contributed by atoms with van der Waals surface area (Å²) in [6.07, 6.45) is 2.89. The van der Waals surface area contributed by atoms with Crippen LogP contribution in [0.1, 0.15) is 5.56 Å². The third-order valence-corrected chi connectivity index (χ3v) is 3.47. The van der Waals surface area contributed by atoms with Crippen LogP contribution in [0.4, 0.5) is 0 Å². The van der Waals surface area contributed by atoms with Crippen molar-refractivity contribution in [2.24, 2.45) is 0 Å². The molecule has 0 fully saturated rings. The molecule has 0 bridgehead atoms. The lowest BCUT2D eigenvalue weighted by Gasteiger charge is -2.15. The van der Waals surface area contributed by atoms with Gasteiger partial charge in [-0.3, -0.25) is 4.98 Å². The molecule has 64 valence electrons. The highest BCUT2D eigenvalue weighted by Gasteiger charge is 2.20. The molecule has 0 aliphatic heterocycles. The summed E-state index contributed by atoms with van der Waals surface area (Å²) in [5, 5.41) is 8.64. The number of hydrogen-bond acceptors (Lipinski definition) is 2. The van der Waals surface area contributed by atoms with Gasteiger partial charge < -0.3 is 0 Å². The Morgan fingerprint density at radius 2 is 2.08 bits per heavy atom. The van der Waals surface area contributed by atoms with E-state index in [0.717, 1.165) is 0 Å². The van der Waals surface area contributed by atoms with E-state index in [1.807, 2.05) is 6.07 Å². The second-order valence-corrected chi connectivity index (χ2v) is 8.73. The molecule has 0 spiro atoms. The minimum absolute atomic E-state index is 0.361. The fourth-order valence-corrected chi connectivity index (χ4v) is 2.31.